The van der Waals surface area contributed by atoms with Gasteiger partial charge in [-0.1, -0.05) is 0 Å². The largest absolute Gasteiger partial charge is 0.461 e. The Hall–Kier alpha value is -0.610. The minimum atomic E-state index is -0.160. The zero-order valence-corrected chi connectivity index (χ0v) is 8.61. The van der Waals surface area contributed by atoms with Gasteiger partial charge in [0.2, 0.25) is 0 Å². The number of rotatable bonds is 1. The third-order valence-corrected chi connectivity index (χ3v) is 3.22. The summed E-state index contributed by atoms with van der Waals surface area (Å²) in [5.41, 5.74) is 5.89. The summed E-state index contributed by atoms with van der Waals surface area (Å²) in [5.74, 6) is -0.160. The van der Waals surface area contributed by atoms with Crippen molar-refractivity contribution in [3.8, 4) is 0 Å². The van der Waals surface area contributed by atoms with Gasteiger partial charge in [0.15, 0.2) is 0 Å². The lowest BCUT2D eigenvalue weighted by atomic mass is 9.98. The zero-order valence-electron chi connectivity index (χ0n) is 8.61. The fourth-order valence-corrected chi connectivity index (χ4v) is 2.61. The minimum absolute atomic E-state index is 0.111. The van der Waals surface area contributed by atoms with Gasteiger partial charge in [-0.15, -0.1) is 0 Å². The second kappa shape index (κ2) is 3.87. The van der Waals surface area contributed by atoms with Gasteiger partial charge in [-0.2, -0.15) is 0 Å². The van der Waals surface area contributed by atoms with E-state index < -0.39 is 0 Å². The molecule has 0 radical (unpaired) electrons. The highest BCUT2D eigenvalue weighted by molar-refractivity contribution is 5.66. The number of ether oxygens (including phenoxy) is 1. The molecule has 4 nitrogen and oxygen atoms in total. The molecule has 0 aromatic heterocycles. The Bertz CT molecular complexity index is 232. The summed E-state index contributed by atoms with van der Waals surface area (Å²) in [4.78, 5) is 13.2. The molecule has 14 heavy (non-hydrogen) atoms. The van der Waals surface area contributed by atoms with Crippen LogP contribution in [0.25, 0.3) is 0 Å². The Balaban J connectivity index is 1.95. The number of hydrogen-bond acceptors (Lipinski definition) is 4. The van der Waals surface area contributed by atoms with Crippen molar-refractivity contribution < 1.29 is 9.53 Å². The van der Waals surface area contributed by atoms with Crippen LogP contribution in [0, 0.1) is 0 Å². The first-order valence-corrected chi connectivity index (χ1v) is 5.33. The molecule has 0 aromatic rings. The van der Waals surface area contributed by atoms with Crippen LogP contribution in [0.5, 0.6) is 0 Å². The van der Waals surface area contributed by atoms with Gasteiger partial charge in [-0.05, 0) is 19.3 Å². The Labute approximate surface area is 84.4 Å². The number of fused-ring (bicyclic) bond motifs is 1. The third-order valence-electron chi connectivity index (χ3n) is 3.22. The molecule has 3 atom stereocenters. The maximum Gasteiger partial charge on any atom is 0.302 e. The van der Waals surface area contributed by atoms with Crippen molar-refractivity contribution in [2.45, 2.75) is 44.4 Å². The van der Waals surface area contributed by atoms with Crippen LogP contribution in [0.1, 0.15) is 26.2 Å². The van der Waals surface area contributed by atoms with Crippen LogP contribution >= 0.6 is 0 Å². The van der Waals surface area contributed by atoms with E-state index in [-0.39, 0.29) is 12.1 Å². The van der Waals surface area contributed by atoms with Crippen molar-refractivity contribution in [2.24, 2.45) is 5.73 Å². The Morgan fingerprint density at radius 2 is 2.21 bits per heavy atom. The second-order valence-electron chi connectivity index (χ2n) is 4.34. The SMILES string of the molecule is CC(=O)O[C@H]1CCN2C[C@H](N)CC[C@H]12. The molecule has 0 spiro atoms. The summed E-state index contributed by atoms with van der Waals surface area (Å²) in [5, 5.41) is 0. The van der Waals surface area contributed by atoms with E-state index in [0.29, 0.717) is 12.1 Å². The van der Waals surface area contributed by atoms with E-state index in [1.807, 2.05) is 0 Å². The van der Waals surface area contributed by atoms with E-state index >= 15 is 0 Å². The van der Waals surface area contributed by atoms with E-state index in [2.05, 4.69) is 4.90 Å². The van der Waals surface area contributed by atoms with Crippen LogP contribution in [0.15, 0.2) is 0 Å². The maximum atomic E-state index is 10.9. The lowest BCUT2D eigenvalue weighted by Gasteiger charge is -2.34. The number of nitrogens with zero attached hydrogens (tertiary/aromatic N) is 1. The molecule has 0 unspecified atom stereocenters. The Morgan fingerprint density at radius 1 is 1.43 bits per heavy atom. The highest BCUT2D eigenvalue weighted by atomic mass is 16.5. The fourth-order valence-electron chi connectivity index (χ4n) is 2.61. The summed E-state index contributed by atoms with van der Waals surface area (Å²) in [6, 6.07) is 0.737. The first-order chi connectivity index (χ1) is 6.66. The molecular formula is C10H18N2O2. The summed E-state index contributed by atoms with van der Waals surface area (Å²) < 4.78 is 5.29. The van der Waals surface area contributed by atoms with Gasteiger partial charge in [-0.3, -0.25) is 9.69 Å². The van der Waals surface area contributed by atoms with Crippen LogP contribution in [0.4, 0.5) is 0 Å². The van der Waals surface area contributed by atoms with Crippen molar-refractivity contribution in [3.63, 3.8) is 0 Å². The van der Waals surface area contributed by atoms with Gasteiger partial charge in [-0.25, -0.2) is 0 Å². The van der Waals surface area contributed by atoms with E-state index in [9.17, 15) is 4.79 Å². The topological polar surface area (TPSA) is 55.6 Å². The number of hydrogen-bond donors (Lipinski definition) is 1. The van der Waals surface area contributed by atoms with Crippen molar-refractivity contribution >= 4 is 5.97 Å². The van der Waals surface area contributed by atoms with Crippen molar-refractivity contribution in [3.05, 3.63) is 0 Å². The number of piperidine rings is 1. The first-order valence-electron chi connectivity index (χ1n) is 5.33. The molecule has 2 heterocycles. The predicted octanol–water partition coefficient (Wildman–Crippen LogP) is 0.114. The van der Waals surface area contributed by atoms with Gasteiger partial charge in [0.05, 0.1) is 0 Å². The van der Waals surface area contributed by atoms with Gasteiger partial charge in [0.1, 0.15) is 6.10 Å². The second-order valence-corrected chi connectivity index (χ2v) is 4.34. The molecule has 80 valence electrons. The third kappa shape index (κ3) is 1.91. The van der Waals surface area contributed by atoms with Crippen LogP contribution in [0.3, 0.4) is 0 Å². The van der Waals surface area contributed by atoms with Gasteiger partial charge >= 0.3 is 5.97 Å². The van der Waals surface area contributed by atoms with Crippen molar-refractivity contribution in [1.82, 2.24) is 4.90 Å². The average Bonchev–Trinajstić information content (AvgIpc) is 2.47. The molecule has 2 aliphatic heterocycles. The summed E-state index contributed by atoms with van der Waals surface area (Å²) in [6.07, 6.45) is 3.20. The number of nitrogens with two attached hydrogens (primary N) is 1. The molecule has 0 bridgehead atoms. The van der Waals surface area contributed by atoms with E-state index in [4.69, 9.17) is 10.5 Å². The molecule has 2 rings (SSSR count). The van der Waals surface area contributed by atoms with Crippen LogP contribution in [-0.2, 0) is 9.53 Å². The average molecular weight is 198 g/mol. The van der Waals surface area contributed by atoms with Gasteiger partial charge in [0, 0.05) is 32.1 Å². The molecule has 0 aliphatic carbocycles. The highest BCUT2D eigenvalue weighted by Gasteiger charge is 2.39. The molecule has 0 saturated carbocycles. The minimum Gasteiger partial charge on any atom is -0.461 e. The molecule has 0 amide bonds. The first kappa shape index (κ1) is 9.93. The van der Waals surface area contributed by atoms with Crippen molar-refractivity contribution in [1.29, 1.82) is 0 Å². The molecule has 2 N–H and O–H groups in total. The monoisotopic (exact) mass is 198 g/mol. The van der Waals surface area contributed by atoms with Crippen LogP contribution in [-0.4, -0.2) is 42.1 Å². The van der Waals surface area contributed by atoms with Crippen LogP contribution in [0.2, 0.25) is 0 Å². The summed E-state index contributed by atoms with van der Waals surface area (Å²) in [6.45, 7) is 3.47. The normalized spacial score (nSPS) is 38.0. The summed E-state index contributed by atoms with van der Waals surface area (Å²) >= 11 is 0. The predicted molar refractivity (Wildman–Crippen MR) is 52.7 cm³/mol. The lowest BCUT2D eigenvalue weighted by molar-refractivity contribution is -0.147. The molecule has 0 aromatic carbocycles. The standard InChI is InChI=1S/C10H18N2O2/c1-7(13)14-10-4-5-12-6-8(11)2-3-9(10)12/h8-10H,2-6,11H2,1H3/t8-,9-,10+/m1/s1. The highest BCUT2D eigenvalue weighted by Crippen LogP contribution is 2.28. The smallest absolute Gasteiger partial charge is 0.302 e. The summed E-state index contributed by atoms with van der Waals surface area (Å²) in [7, 11) is 0. The molecule has 2 saturated heterocycles. The molecule has 2 aliphatic rings. The van der Waals surface area contributed by atoms with E-state index in [1.165, 1.54) is 6.92 Å². The number of carbonyl (C=O) groups is 1. The van der Waals surface area contributed by atoms with E-state index in [1.54, 1.807) is 0 Å². The molecular weight excluding hydrogens is 180 g/mol. The van der Waals surface area contributed by atoms with Crippen LogP contribution < -0.4 is 5.73 Å². The Kier molecular flexibility index (Phi) is 2.74. The van der Waals surface area contributed by atoms with Gasteiger partial charge < -0.3 is 10.5 Å². The van der Waals surface area contributed by atoms with Crippen molar-refractivity contribution in [2.75, 3.05) is 13.1 Å². The fraction of sp³-hybridized carbons (Fsp3) is 0.900. The quantitative estimate of drug-likeness (QED) is 0.608. The maximum absolute atomic E-state index is 10.9. The Morgan fingerprint density at radius 3 is 2.93 bits per heavy atom. The van der Waals surface area contributed by atoms with E-state index in [0.717, 1.165) is 32.4 Å². The molecule has 4 heteroatoms. The zero-order chi connectivity index (χ0) is 10.1. The number of carbonyl (C=O) groups excluding carboxylic acids is 1. The van der Waals surface area contributed by atoms with Gasteiger partial charge in [0.25, 0.3) is 0 Å². The molecule has 2 fully saturated rings. The number of esters is 1. The lowest BCUT2D eigenvalue weighted by Crippen LogP contribution is -2.48.